The maximum atomic E-state index is 8.53. The first kappa shape index (κ1) is 10.8. The van der Waals surface area contributed by atoms with E-state index >= 15 is 0 Å². The minimum Gasteiger partial charge on any atom is -0.437 e. The number of furan rings is 1. The van der Waals surface area contributed by atoms with E-state index in [9.17, 15) is 0 Å². The van der Waals surface area contributed by atoms with Crippen LogP contribution in [0.4, 0.5) is 5.88 Å². The van der Waals surface area contributed by atoms with Crippen LogP contribution in [-0.4, -0.2) is 49.2 Å². The first-order valence-corrected chi connectivity index (χ1v) is 5.22. The van der Waals surface area contributed by atoms with Crippen LogP contribution in [0.3, 0.4) is 0 Å². The molecule has 2 heterocycles. The lowest BCUT2D eigenvalue weighted by molar-refractivity contribution is 0.305. The standard InChI is InChI=1S/C10H16N4O2/c1-13-4-6-14(7-5-13)9-3-2-8(16-9)10(11)12-15/h2-3,15H,4-7H2,1H3,(H2,11,12). The van der Waals surface area contributed by atoms with E-state index < -0.39 is 0 Å². The molecule has 0 aliphatic carbocycles. The summed E-state index contributed by atoms with van der Waals surface area (Å²) in [6, 6.07) is 3.56. The lowest BCUT2D eigenvalue weighted by Crippen LogP contribution is -2.44. The van der Waals surface area contributed by atoms with E-state index in [0.29, 0.717) is 5.76 Å². The molecule has 0 saturated carbocycles. The number of amidine groups is 1. The van der Waals surface area contributed by atoms with Crippen molar-refractivity contribution in [1.82, 2.24) is 4.90 Å². The summed E-state index contributed by atoms with van der Waals surface area (Å²) in [4.78, 5) is 4.41. The van der Waals surface area contributed by atoms with Crippen LogP contribution in [0.1, 0.15) is 5.76 Å². The number of likely N-dealkylation sites (N-methyl/N-ethyl adjacent to an activating group) is 1. The first-order chi connectivity index (χ1) is 7.70. The van der Waals surface area contributed by atoms with Gasteiger partial charge in [0.1, 0.15) is 0 Å². The average molecular weight is 224 g/mol. The molecule has 1 aromatic rings. The normalized spacial score (nSPS) is 19.1. The molecule has 0 atom stereocenters. The first-order valence-electron chi connectivity index (χ1n) is 5.22. The Kier molecular flexibility index (Phi) is 3.00. The van der Waals surface area contributed by atoms with Crippen molar-refractivity contribution in [3.8, 4) is 0 Å². The van der Waals surface area contributed by atoms with Gasteiger partial charge in [0.25, 0.3) is 0 Å². The third-order valence-electron chi connectivity index (χ3n) is 2.77. The molecule has 3 N–H and O–H groups in total. The number of nitrogens with two attached hydrogens (primary N) is 1. The molecule has 16 heavy (non-hydrogen) atoms. The summed E-state index contributed by atoms with van der Waals surface area (Å²) in [5, 5.41) is 11.4. The van der Waals surface area contributed by atoms with Crippen molar-refractivity contribution >= 4 is 11.7 Å². The van der Waals surface area contributed by atoms with Gasteiger partial charge >= 0.3 is 0 Å². The van der Waals surface area contributed by atoms with Gasteiger partial charge in [0.05, 0.1) is 0 Å². The third kappa shape index (κ3) is 2.11. The summed E-state index contributed by atoms with van der Waals surface area (Å²) in [5.41, 5.74) is 5.44. The number of hydrogen-bond donors (Lipinski definition) is 2. The number of nitrogens with zero attached hydrogens (tertiary/aromatic N) is 3. The molecule has 1 aliphatic rings. The average Bonchev–Trinajstić information content (AvgIpc) is 2.78. The Bertz CT molecular complexity index is 380. The Labute approximate surface area is 93.9 Å². The van der Waals surface area contributed by atoms with Gasteiger partial charge in [-0.2, -0.15) is 0 Å². The molecule has 1 aliphatic heterocycles. The Morgan fingerprint density at radius 1 is 1.38 bits per heavy atom. The zero-order chi connectivity index (χ0) is 11.5. The lowest BCUT2D eigenvalue weighted by atomic mass is 10.3. The maximum Gasteiger partial charge on any atom is 0.206 e. The van der Waals surface area contributed by atoms with E-state index in [-0.39, 0.29) is 5.84 Å². The van der Waals surface area contributed by atoms with Crippen LogP contribution >= 0.6 is 0 Å². The minimum atomic E-state index is 0.000350. The van der Waals surface area contributed by atoms with Gasteiger partial charge in [-0.25, -0.2) is 0 Å². The van der Waals surface area contributed by atoms with Gasteiger partial charge in [-0.1, -0.05) is 5.16 Å². The predicted octanol–water partition coefficient (Wildman–Crippen LogP) is 0.126. The van der Waals surface area contributed by atoms with Crippen molar-refractivity contribution in [3.05, 3.63) is 17.9 Å². The highest BCUT2D eigenvalue weighted by Gasteiger charge is 2.17. The van der Waals surface area contributed by atoms with Crippen molar-refractivity contribution < 1.29 is 9.62 Å². The van der Waals surface area contributed by atoms with Crippen molar-refractivity contribution in [1.29, 1.82) is 0 Å². The Morgan fingerprint density at radius 3 is 2.69 bits per heavy atom. The quantitative estimate of drug-likeness (QED) is 0.323. The summed E-state index contributed by atoms with van der Waals surface area (Å²) in [5.74, 6) is 1.17. The molecule has 0 bridgehead atoms. The predicted molar refractivity (Wildman–Crippen MR) is 60.9 cm³/mol. The molecule has 6 heteroatoms. The SMILES string of the molecule is CN1CCN(c2ccc(/C(N)=N/O)o2)CC1. The molecule has 0 aromatic carbocycles. The smallest absolute Gasteiger partial charge is 0.206 e. The van der Waals surface area contributed by atoms with Gasteiger partial charge in [-0.15, -0.1) is 0 Å². The number of anilines is 1. The second-order valence-electron chi connectivity index (χ2n) is 3.91. The Hall–Kier alpha value is -1.69. The highest BCUT2D eigenvalue weighted by Crippen LogP contribution is 2.19. The molecule has 0 radical (unpaired) electrons. The van der Waals surface area contributed by atoms with E-state index in [1.165, 1.54) is 0 Å². The summed E-state index contributed by atoms with van der Waals surface area (Å²) < 4.78 is 5.50. The number of oxime groups is 1. The number of piperazine rings is 1. The highest BCUT2D eigenvalue weighted by molar-refractivity contribution is 5.94. The molecular formula is C10H16N4O2. The van der Waals surface area contributed by atoms with Crippen LogP contribution in [0.2, 0.25) is 0 Å². The van der Waals surface area contributed by atoms with E-state index in [1.54, 1.807) is 6.07 Å². The topological polar surface area (TPSA) is 78.2 Å². The summed E-state index contributed by atoms with van der Waals surface area (Å²) in [6.07, 6.45) is 0. The van der Waals surface area contributed by atoms with Gasteiger partial charge < -0.3 is 25.2 Å². The second kappa shape index (κ2) is 4.44. The molecule has 0 amide bonds. The van der Waals surface area contributed by atoms with E-state index in [1.807, 2.05) is 6.07 Å². The third-order valence-corrected chi connectivity index (χ3v) is 2.77. The van der Waals surface area contributed by atoms with Crippen molar-refractivity contribution in [2.75, 3.05) is 38.1 Å². The van der Waals surface area contributed by atoms with Gasteiger partial charge in [0.2, 0.25) is 5.84 Å². The highest BCUT2D eigenvalue weighted by atomic mass is 16.4. The van der Waals surface area contributed by atoms with Gasteiger partial charge in [0.15, 0.2) is 11.6 Å². The minimum absolute atomic E-state index is 0.000350. The monoisotopic (exact) mass is 224 g/mol. The van der Waals surface area contributed by atoms with Gasteiger partial charge in [0, 0.05) is 32.2 Å². The molecule has 2 rings (SSSR count). The maximum absolute atomic E-state index is 8.53. The molecular weight excluding hydrogens is 208 g/mol. The van der Waals surface area contributed by atoms with E-state index in [4.69, 9.17) is 15.4 Å². The van der Waals surface area contributed by atoms with Crippen LogP contribution in [0.5, 0.6) is 0 Å². The Balaban J connectivity index is 2.07. The van der Waals surface area contributed by atoms with Gasteiger partial charge in [-0.3, -0.25) is 0 Å². The largest absolute Gasteiger partial charge is 0.437 e. The van der Waals surface area contributed by atoms with Crippen LogP contribution in [0, 0.1) is 0 Å². The molecule has 6 nitrogen and oxygen atoms in total. The van der Waals surface area contributed by atoms with E-state index in [0.717, 1.165) is 32.1 Å². The summed E-state index contributed by atoms with van der Waals surface area (Å²) in [6.45, 7) is 3.89. The van der Waals surface area contributed by atoms with Crippen LogP contribution < -0.4 is 10.6 Å². The molecule has 1 aromatic heterocycles. The van der Waals surface area contributed by atoms with Crippen LogP contribution in [-0.2, 0) is 0 Å². The molecule has 1 fully saturated rings. The lowest BCUT2D eigenvalue weighted by Gasteiger charge is -2.32. The zero-order valence-corrected chi connectivity index (χ0v) is 9.26. The fourth-order valence-corrected chi connectivity index (χ4v) is 1.71. The molecule has 0 unspecified atom stereocenters. The zero-order valence-electron chi connectivity index (χ0n) is 9.26. The van der Waals surface area contributed by atoms with E-state index in [2.05, 4.69) is 22.0 Å². The van der Waals surface area contributed by atoms with Crippen LogP contribution in [0.15, 0.2) is 21.7 Å². The summed E-state index contributed by atoms with van der Waals surface area (Å²) in [7, 11) is 2.10. The summed E-state index contributed by atoms with van der Waals surface area (Å²) >= 11 is 0. The second-order valence-corrected chi connectivity index (χ2v) is 3.91. The van der Waals surface area contributed by atoms with Crippen molar-refractivity contribution in [3.63, 3.8) is 0 Å². The van der Waals surface area contributed by atoms with Crippen molar-refractivity contribution in [2.24, 2.45) is 10.9 Å². The fraction of sp³-hybridized carbons (Fsp3) is 0.500. The Morgan fingerprint density at radius 2 is 2.06 bits per heavy atom. The molecule has 0 spiro atoms. The number of rotatable bonds is 2. The fourth-order valence-electron chi connectivity index (χ4n) is 1.71. The van der Waals surface area contributed by atoms with Crippen molar-refractivity contribution in [2.45, 2.75) is 0 Å². The van der Waals surface area contributed by atoms with Gasteiger partial charge in [-0.05, 0) is 13.1 Å². The van der Waals surface area contributed by atoms with Crippen LogP contribution in [0.25, 0.3) is 0 Å². The molecule has 1 saturated heterocycles. The number of hydrogen-bond acceptors (Lipinski definition) is 5. The molecule has 88 valence electrons.